The van der Waals surface area contributed by atoms with Gasteiger partial charge in [-0.3, -0.25) is 0 Å². The molecule has 0 saturated carbocycles. The fraction of sp³-hybridized carbons (Fsp3) is 0.778. The molecule has 0 fully saturated rings. The lowest BCUT2D eigenvalue weighted by Gasteiger charge is -2.16. The number of hydrogen-bond donors (Lipinski definition) is 1. The highest BCUT2D eigenvalue weighted by atomic mass is 16.5. The minimum absolute atomic E-state index is 0.117. The third-order valence-electron chi connectivity index (χ3n) is 0.939. The highest BCUT2D eigenvalue weighted by Crippen LogP contribution is 2.04. The van der Waals surface area contributed by atoms with E-state index in [9.17, 15) is 0 Å². The molecule has 64 valence electrons. The van der Waals surface area contributed by atoms with E-state index in [0.29, 0.717) is 13.0 Å². The molecule has 0 spiro atoms. The fourth-order valence-corrected chi connectivity index (χ4v) is 0.448. The maximum Gasteiger partial charge on any atom is 0.108 e. The number of ether oxygens (including phenoxy) is 1. The summed E-state index contributed by atoms with van der Waals surface area (Å²) in [6.07, 6.45) is 0.535. The third-order valence-corrected chi connectivity index (χ3v) is 0.939. The normalized spacial score (nSPS) is 10.5. The van der Waals surface area contributed by atoms with E-state index in [2.05, 4.69) is 11.8 Å². The Morgan fingerprint density at radius 1 is 1.27 bits per heavy atom. The minimum Gasteiger partial charge on any atom is -0.395 e. The zero-order valence-electron chi connectivity index (χ0n) is 7.48. The van der Waals surface area contributed by atoms with Crippen molar-refractivity contribution in [1.82, 2.24) is 0 Å². The van der Waals surface area contributed by atoms with E-state index in [1.54, 1.807) is 0 Å². The largest absolute Gasteiger partial charge is 0.395 e. The first-order chi connectivity index (χ1) is 5.06. The Hall–Kier alpha value is -0.520. The molecule has 0 saturated heterocycles. The second-order valence-electron chi connectivity index (χ2n) is 3.23. The maximum atomic E-state index is 8.38. The van der Waals surface area contributed by atoms with Gasteiger partial charge in [-0.1, -0.05) is 11.8 Å². The molecular formula is C9H16O2. The van der Waals surface area contributed by atoms with Gasteiger partial charge in [0.05, 0.1) is 12.2 Å². The minimum atomic E-state index is -0.117. The van der Waals surface area contributed by atoms with Gasteiger partial charge in [0.25, 0.3) is 0 Å². The lowest BCUT2D eigenvalue weighted by Crippen LogP contribution is -2.19. The summed E-state index contributed by atoms with van der Waals surface area (Å²) in [4.78, 5) is 0. The van der Waals surface area contributed by atoms with Gasteiger partial charge in [-0.2, -0.15) is 0 Å². The van der Waals surface area contributed by atoms with Crippen LogP contribution in [0, 0.1) is 11.8 Å². The van der Waals surface area contributed by atoms with Crippen molar-refractivity contribution in [3.8, 4) is 11.8 Å². The predicted molar refractivity (Wildman–Crippen MR) is 45.2 cm³/mol. The quantitative estimate of drug-likeness (QED) is 0.608. The van der Waals surface area contributed by atoms with Crippen LogP contribution in [0.1, 0.15) is 27.2 Å². The van der Waals surface area contributed by atoms with E-state index in [0.717, 1.165) is 0 Å². The van der Waals surface area contributed by atoms with Crippen LogP contribution in [0.25, 0.3) is 0 Å². The van der Waals surface area contributed by atoms with Gasteiger partial charge in [0, 0.05) is 6.42 Å². The average Bonchev–Trinajstić information content (AvgIpc) is 1.85. The smallest absolute Gasteiger partial charge is 0.108 e. The monoisotopic (exact) mass is 156 g/mol. The van der Waals surface area contributed by atoms with E-state index < -0.39 is 0 Å². The first kappa shape index (κ1) is 10.5. The van der Waals surface area contributed by atoms with Crippen molar-refractivity contribution < 1.29 is 9.84 Å². The summed E-state index contributed by atoms with van der Waals surface area (Å²) in [5, 5.41) is 8.38. The van der Waals surface area contributed by atoms with Crippen LogP contribution in [-0.2, 0) is 4.74 Å². The van der Waals surface area contributed by atoms with E-state index in [1.807, 2.05) is 20.8 Å². The highest BCUT2D eigenvalue weighted by molar-refractivity contribution is 4.99. The van der Waals surface area contributed by atoms with E-state index >= 15 is 0 Å². The number of hydrogen-bond acceptors (Lipinski definition) is 2. The molecule has 0 radical (unpaired) electrons. The van der Waals surface area contributed by atoms with E-state index in [-0.39, 0.29) is 12.2 Å². The van der Waals surface area contributed by atoms with Crippen LogP contribution >= 0.6 is 0 Å². The average molecular weight is 156 g/mol. The van der Waals surface area contributed by atoms with Gasteiger partial charge < -0.3 is 9.84 Å². The zero-order valence-corrected chi connectivity index (χ0v) is 7.48. The molecule has 0 unspecified atom stereocenters. The van der Waals surface area contributed by atoms with Crippen LogP contribution < -0.4 is 0 Å². The fourth-order valence-electron chi connectivity index (χ4n) is 0.448. The van der Waals surface area contributed by atoms with Crippen molar-refractivity contribution in [2.75, 3.05) is 13.2 Å². The van der Waals surface area contributed by atoms with Crippen LogP contribution in [-0.4, -0.2) is 23.9 Å². The summed E-state index contributed by atoms with van der Waals surface area (Å²) in [5.41, 5.74) is -0.117. The Balaban J connectivity index is 3.36. The second-order valence-corrected chi connectivity index (χ2v) is 3.23. The van der Waals surface area contributed by atoms with Crippen molar-refractivity contribution in [2.45, 2.75) is 32.8 Å². The lowest BCUT2D eigenvalue weighted by molar-refractivity contribution is 0.0181. The number of aliphatic hydroxyl groups is 1. The van der Waals surface area contributed by atoms with Gasteiger partial charge in [-0.25, -0.2) is 0 Å². The molecule has 1 N–H and O–H groups in total. The molecule has 0 aromatic rings. The lowest BCUT2D eigenvalue weighted by atomic mass is 10.2. The summed E-state index contributed by atoms with van der Waals surface area (Å²) in [5.74, 6) is 5.59. The van der Waals surface area contributed by atoms with Crippen molar-refractivity contribution in [3.05, 3.63) is 0 Å². The topological polar surface area (TPSA) is 29.5 Å². The molecule has 0 amide bonds. The van der Waals surface area contributed by atoms with Crippen molar-refractivity contribution in [1.29, 1.82) is 0 Å². The summed E-state index contributed by atoms with van der Waals surface area (Å²) < 4.78 is 5.32. The summed E-state index contributed by atoms with van der Waals surface area (Å²) in [6, 6.07) is 0. The molecule has 2 nitrogen and oxygen atoms in total. The van der Waals surface area contributed by atoms with Gasteiger partial charge in [-0.15, -0.1) is 0 Å². The first-order valence-corrected chi connectivity index (χ1v) is 3.77. The Labute approximate surface area is 68.6 Å². The van der Waals surface area contributed by atoms with E-state index in [4.69, 9.17) is 9.84 Å². The molecule has 0 aliphatic heterocycles. The van der Waals surface area contributed by atoms with E-state index in [1.165, 1.54) is 0 Å². The molecule has 0 aliphatic rings. The summed E-state index contributed by atoms with van der Waals surface area (Å²) >= 11 is 0. The molecule has 0 heterocycles. The molecule has 0 aromatic heterocycles. The highest BCUT2D eigenvalue weighted by Gasteiger charge is 2.07. The number of aliphatic hydroxyl groups excluding tert-OH is 1. The molecular weight excluding hydrogens is 140 g/mol. The molecule has 0 bridgehead atoms. The Bertz CT molecular complexity index is 145. The molecule has 0 rings (SSSR count). The Kier molecular flexibility index (Phi) is 4.93. The Morgan fingerprint density at radius 3 is 2.36 bits per heavy atom. The van der Waals surface area contributed by atoms with Crippen LogP contribution in [0.2, 0.25) is 0 Å². The molecule has 11 heavy (non-hydrogen) atoms. The van der Waals surface area contributed by atoms with Gasteiger partial charge in [0.15, 0.2) is 0 Å². The van der Waals surface area contributed by atoms with Crippen LogP contribution in [0.3, 0.4) is 0 Å². The van der Waals surface area contributed by atoms with Gasteiger partial charge in [0.1, 0.15) is 6.61 Å². The molecule has 0 atom stereocenters. The molecule has 0 aliphatic carbocycles. The predicted octanol–water partition coefficient (Wildman–Crippen LogP) is 1.19. The van der Waals surface area contributed by atoms with Crippen molar-refractivity contribution in [3.63, 3.8) is 0 Å². The van der Waals surface area contributed by atoms with Crippen LogP contribution in [0.5, 0.6) is 0 Å². The van der Waals surface area contributed by atoms with Crippen LogP contribution in [0.15, 0.2) is 0 Å². The Morgan fingerprint density at radius 2 is 1.91 bits per heavy atom. The zero-order chi connectivity index (χ0) is 8.74. The standard InChI is InChI=1S/C9H16O2/c1-9(2,3)11-8-6-4-5-7-10/h10H,5,7-8H2,1-3H3. The maximum absolute atomic E-state index is 8.38. The summed E-state index contributed by atoms with van der Waals surface area (Å²) in [6.45, 7) is 6.54. The van der Waals surface area contributed by atoms with Crippen molar-refractivity contribution in [2.24, 2.45) is 0 Å². The molecule has 0 aromatic carbocycles. The summed E-state index contributed by atoms with van der Waals surface area (Å²) in [7, 11) is 0. The van der Waals surface area contributed by atoms with Gasteiger partial charge in [-0.05, 0) is 20.8 Å². The van der Waals surface area contributed by atoms with Crippen molar-refractivity contribution >= 4 is 0 Å². The van der Waals surface area contributed by atoms with Gasteiger partial charge in [0.2, 0.25) is 0 Å². The van der Waals surface area contributed by atoms with Gasteiger partial charge >= 0.3 is 0 Å². The third kappa shape index (κ3) is 9.48. The SMILES string of the molecule is CC(C)(C)OCC#CCCO. The molecule has 2 heteroatoms. The van der Waals surface area contributed by atoms with Crippen LogP contribution in [0.4, 0.5) is 0 Å². The first-order valence-electron chi connectivity index (χ1n) is 3.77. The number of rotatable bonds is 2. The second kappa shape index (κ2) is 5.17.